The predicted octanol–water partition coefficient (Wildman–Crippen LogP) is 3.69. The SMILES string of the molecule is CCC(C)(OC12C(C)OC1C(O)C(O[C@@H]1C3=C(C(C)C)CCC3(C)/C=C3\[C@@H](CC[C@]3(O)COC)[C@@H](C)C1O)OC2COC)C1CO1. The molecule has 3 heterocycles. The summed E-state index contributed by atoms with van der Waals surface area (Å²) >= 11 is 0. The van der Waals surface area contributed by atoms with E-state index in [-0.39, 0.29) is 43.2 Å². The lowest BCUT2D eigenvalue weighted by molar-refractivity contribution is -0.443. The third-order valence-corrected chi connectivity index (χ3v) is 12.5. The summed E-state index contributed by atoms with van der Waals surface area (Å²) in [5, 5.41) is 36.0. The molecular formula is C36H58O10. The molecule has 1 saturated carbocycles. The monoisotopic (exact) mass is 650 g/mol. The number of aliphatic hydroxyl groups is 3. The second-order valence-electron chi connectivity index (χ2n) is 15.7. The van der Waals surface area contributed by atoms with Crippen LogP contribution in [0.15, 0.2) is 22.8 Å². The van der Waals surface area contributed by atoms with Gasteiger partial charge in [0.25, 0.3) is 0 Å². The average molecular weight is 651 g/mol. The molecule has 0 bridgehead atoms. The van der Waals surface area contributed by atoms with Crippen LogP contribution in [0.4, 0.5) is 0 Å². The highest BCUT2D eigenvalue weighted by atomic mass is 16.7. The molecule has 14 atom stereocenters. The van der Waals surface area contributed by atoms with Crippen molar-refractivity contribution < 1.29 is 48.5 Å². The fourth-order valence-corrected chi connectivity index (χ4v) is 9.52. The van der Waals surface area contributed by atoms with E-state index in [2.05, 4.69) is 33.8 Å². The maximum Gasteiger partial charge on any atom is 0.187 e. The van der Waals surface area contributed by atoms with Crippen LogP contribution in [0, 0.1) is 23.2 Å². The molecule has 0 spiro atoms. The molecule has 0 aromatic heterocycles. The molecule has 10 unspecified atom stereocenters. The Morgan fingerprint density at radius 3 is 2.39 bits per heavy atom. The molecule has 3 aliphatic heterocycles. The minimum absolute atomic E-state index is 0.0299. The zero-order chi connectivity index (χ0) is 33.4. The molecule has 0 radical (unpaired) electrons. The molecule has 3 N–H and O–H groups in total. The standard InChI is InChI=1S/C36H58O10/c1-10-34(7,25-17-42-25)46-36-21(5)43-31(36)29(38)32(44-26(36)16-40-8)45-30-27-22(19(2)3)11-13-33(27,6)15-24-23(20(4)28(30)37)12-14-35(24,39)18-41-9/h15,19-21,23,25-26,28-32,37-39H,10-14,16-18H2,1-9H3/b24-15+/t20-,21?,23+,25?,26?,28?,29?,30-,31?,32?,33?,34?,35+,36?/m1/s1. The Balaban J connectivity index is 1.37. The quantitative estimate of drug-likeness (QED) is 0.225. The molecule has 4 fully saturated rings. The Bertz CT molecular complexity index is 1200. The zero-order valence-electron chi connectivity index (χ0n) is 29.3. The van der Waals surface area contributed by atoms with E-state index in [9.17, 15) is 15.3 Å². The summed E-state index contributed by atoms with van der Waals surface area (Å²) in [6.45, 7) is 15.7. The van der Waals surface area contributed by atoms with Gasteiger partial charge in [0.1, 0.15) is 36.1 Å². The predicted molar refractivity (Wildman–Crippen MR) is 170 cm³/mol. The summed E-state index contributed by atoms with van der Waals surface area (Å²) in [6.07, 6.45) is 0.435. The van der Waals surface area contributed by atoms with E-state index in [1.807, 2.05) is 20.8 Å². The number of allylic oxidation sites excluding steroid dienone is 2. The number of ether oxygens (including phenoxy) is 7. The fourth-order valence-electron chi connectivity index (χ4n) is 9.52. The second kappa shape index (κ2) is 12.4. The summed E-state index contributed by atoms with van der Waals surface area (Å²) in [7, 11) is 3.25. The molecule has 0 aromatic rings. The van der Waals surface area contributed by atoms with Crippen LogP contribution >= 0.6 is 0 Å². The molecule has 0 amide bonds. The van der Waals surface area contributed by atoms with Crippen molar-refractivity contribution in [1.82, 2.24) is 0 Å². The van der Waals surface area contributed by atoms with Gasteiger partial charge in [0.15, 0.2) is 11.9 Å². The van der Waals surface area contributed by atoms with Gasteiger partial charge in [0.2, 0.25) is 0 Å². The largest absolute Gasteiger partial charge is 0.390 e. The Hall–Kier alpha value is -0.920. The second-order valence-corrected chi connectivity index (χ2v) is 15.7. The number of hydrogen-bond acceptors (Lipinski definition) is 10. The normalized spacial score (nSPS) is 49.3. The summed E-state index contributed by atoms with van der Waals surface area (Å²) < 4.78 is 43.6. The van der Waals surface area contributed by atoms with Gasteiger partial charge in [-0.05, 0) is 74.9 Å². The third kappa shape index (κ3) is 5.38. The van der Waals surface area contributed by atoms with Crippen LogP contribution in [0.3, 0.4) is 0 Å². The molecule has 3 saturated heterocycles. The van der Waals surface area contributed by atoms with Gasteiger partial charge in [0.05, 0.1) is 37.6 Å². The number of epoxide rings is 1. The van der Waals surface area contributed by atoms with Crippen LogP contribution in [-0.4, -0.2) is 115 Å². The number of fused-ring (bicyclic) bond motifs is 3. The van der Waals surface area contributed by atoms with Crippen molar-refractivity contribution >= 4 is 0 Å². The maximum absolute atomic E-state index is 12.3. The highest BCUT2D eigenvalue weighted by Crippen LogP contribution is 2.57. The summed E-state index contributed by atoms with van der Waals surface area (Å²) in [6, 6.07) is 0. The van der Waals surface area contributed by atoms with E-state index in [0.29, 0.717) is 13.0 Å². The molecule has 262 valence electrons. The highest BCUT2D eigenvalue weighted by molar-refractivity contribution is 5.42. The molecule has 46 heavy (non-hydrogen) atoms. The van der Waals surface area contributed by atoms with E-state index >= 15 is 0 Å². The van der Waals surface area contributed by atoms with E-state index in [4.69, 9.17) is 33.2 Å². The van der Waals surface area contributed by atoms with Crippen molar-refractivity contribution in [2.24, 2.45) is 23.2 Å². The van der Waals surface area contributed by atoms with Crippen molar-refractivity contribution in [3.8, 4) is 0 Å². The van der Waals surface area contributed by atoms with Crippen LogP contribution in [0.25, 0.3) is 0 Å². The molecular weight excluding hydrogens is 592 g/mol. The zero-order valence-corrected chi connectivity index (χ0v) is 29.3. The maximum atomic E-state index is 12.3. The number of rotatable bonds is 11. The van der Waals surface area contributed by atoms with Gasteiger partial charge < -0.3 is 48.5 Å². The van der Waals surface area contributed by atoms with E-state index < -0.39 is 59.0 Å². The first-order valence-electron chi connectivity index (χ1n) is 17.5. The van der Waals surface area contributed by atoms with Crippen LogP contribution in [-0.2, 0) is 33.2 Å². The topological polar surface area (TPSA) is 129 Å². The van der Waals surface area contributed by atoms with Crippen LogP contribution < -0.4 is 0 Å². The van der Waals surface area contributed by atoms with Gasteiger partial charge in [-0.3, -0.25) is 0 Å². The van der Waals surface area contributed by atoms with Gasteiger partial charge in [0, 0.05) is 19.6 Å². The van der Waals surface area contributed by atoms with Crippen molar-refractivity contribution in [3.05, 3.63) is 22.8 Å². The van der Waals surface area contributed by atoms with Crippen molar-refractivity contribution in [1.29, 1.82) is 0 Å². The Morgan fingerprint density at radius 1 is 1.09 bits per heavy atom. The lowest BCUT2D eigenvalue weighted by Crippen LogP contribution is -2.82. The number of methoxy groups -OCH3 is 2. The molecule has 3 aliphatic carbocycles. The molecule has 0 aromatic carbocycles. The van der Waals surface area contributed by atoms with E-state index in [0.717, 1.165) is 36.8 Å². The third-order valence-electron chi connectivity index (χ3n) is 12.5. The van der Waals surface area contributed by atoms with E-state index in [1.54, 1.807) is 14.2 Å². The van der Waals surface area contributed by atoms with Gasteiger partial charge >= 0.3 is 0 Å². The summed E-state index contributed by atoms with van der Waals surface area (Å²) in [5.74, 6) is -0.0311. The van der Waals surface area contributed by atoms with E-state index in [1.165, 1.54) is 5.57 Å². The van der Waals surface area contributed by atoms with Gasteiger partial charge in [-0.15, -0.1) is 0 Å². The smallest absolute Gasteiger partial charge is 0.187 e. The number of hydrogen-bond donors (Lipinski definition) is 3. The summed E-state index contributed by atoms with van der Waals surface area (Å²) in [5.41, 5.74) is 0.175. The highest BCUT2D eigenvalue weighted by Gasteiger charge is 2.71. The van der Waals surface area contributed by atoms with Crippen molar-refractivity contribution in [3.63, 3.8) is 0 Å². The Morgan fingerprint density at radius 2 is 1.80 bits per heavy atom. The Kier molecular flexibility index (Phi) is 9.45. The summed E-state index contributed by atoms with van der Waals surface area (Å²) in [4.78, 5) is 0. The molecule has 6 rings (SSSR count). The van der Waals surface area contributed by atoms with Gasteiger partial charge in [-0.25, -0.2) is 0 Å². The van der Waals surface area contributed by atoms with Crippen LogP contribution in [0.1, 0.15) is 80.6 Å². The van der Waals surface area contributed by atoms with Crippen molar-refractivity contribution in [2.75, 3.05) is 34.0 Å². The minimum Gasteiger partial charge on any atom is -0.390 e. The molecule has 10 nitrogen and oxygen atoms in total. The first-order valence-corrected chi connectivity index (χ1v) is 17.5. The fraction of sp³-hybridized carbons (Fsp3) is 0.889. The van der Waals surface area contributed by atoms with Crippen LogP contribution in [0.5, 0.6) is 0 Å². The Labute approximate surface area is 274 Å². The minimum atomic E-state index is -1.17. The number of aliphatic hydroxyl groups excluding tert-OH is 2. The van der Waals surface area contributed by atoms with Gasteiger partial charge in [-0.1, -0.05) is 46.3 Å². The first-order chi connectivity index (χ1) is 21.7. The lowest BCUT2D eigenvalue weighted by atomic mass is 9.68. The average Bonchev–Trinajstić information content (AvgIpc) is 3.75. The van der Waals surface area contributed by atoms with Gasteiger partial charge in [-0.2, -0.15) is 0 Å². The van der Waals surface area contributed by atoms with Crippen LogP contribution in [0.2, 0.25) is 0 Å². The lowest BCUT2D eigenvalue weighted by Gasteiger charge is -2.64. The van der Waals surface area contributed by atoms with Crippen molar-refractivity contribution in [2.45, 2.75) is 146 Å². The molecule has 6 aliphatic rings. The first kappa shape index (κ1) is 34.9. The molecule has 10 heteroatoms.